The van der Waals surface area contributed by atoms with E-state index in [1.807, 2.05) is 24.3 Å². The van der Waals surface area contributed by atoms with Crippen LogP contribution in [0.3, 0.4) is 0 Å². The van der Waals surface area contributed by atoms with Crippen molar-refractivity contribution in [3.8, 4) is 0 Å². The molecule has 0 saturated heterocycles. The largest absolute Gasteiger partial charge is 0.469 e. The smallest absolute Gasteiger partial charge is 0.305 e. The average Bonchev–Trinajstić information content (AvgIpc) is 2.53. The molecular weight excluding hydrogens is 278 g/mol. The molecule has 0 aliphatic heterocycles. The van der Waals surface area contributed by atoms with E-state index in [0.717, 1.165) is 36.9 Å². The van der Waals surface area contributed by atoms with Crippen molar-refractivity contribution in [3.05, 3.63) is 29.8 Å². The lowest BCUT2D eigenvalue weighted by Gasteiger charge is -2.15. The monoisotopic (exact) mass is 305 g/mol. The summed E-state index contributed by atoms with van der Waals surface area (Å²) in [6, 6.07) is 7.65. The molecule has 4 heteroatoms. The third kappa shape index (κ3) is 6.29. The highest BCUT2D eigenvalue weighted by Gasteiger charge is 2.16. The van der Waals surface area contributed by atoms with Gasteiger partial charge in [-0.05, 0) is 37.0 Å². The minimum Gasteiger partial charge on any atom is -0.469 e. The van der Waals surface area contributed by atoms with Gasteiger partial charge in [-0.15, -0.1) is 0 Å². The molecule has 1 rings (SSSR count). The first-order valence-electron chi connectivity index (χ1n) is 8.07. The van der Waals surface area contributed by atoms with E-state index in [4.69, 9.17) is 0 Å². The number of amides is 1. The number of carbonyl (C=O) groups excluding carboxylic acids is 2. The molecule has 0 radical (unpaired) electrons. The van der Waals surface area contributed by atoms with E-state index >= 15 is 0 Å². The van der Waals surface area contributed by atoms with E-state index in [0.29, 0.717) is 12.8 Å². The van der Waals surface area contributed by atoms with Gasteiger partial charge in [0.05, 0.1) is 7.11 Å². The van der Waals surface area contributed by atoms with Gasteiger partial charge in [-0.1, -0.05) is 38.8 Å². The lowest BCUT2D eigenvalue weighted by atomic mass is 9.97. The molecule has 122 valence electrons. The molecule has 0 bridgehead atoms. The molecule has 1 amide bonds. The first kappa shape index (κ1) is 18.2. The Kier molecular flexibility index (Phi) is 8.26. The van der Waals surface area contributed by atoms with Gasteiger partial charge in [-0.25, -0.2) is 0 Å². The summed E-state index contributed by atoms with van der Waals surface area (Å²) < 4.78 is 4.62. The van der Waals surface area contributed by atoms with E-state index in [1.165, 1.54) is 7.11 Å². The Hall–Kier alpha value is -1.84. The standard InChI is InChI=1S/C18H27NO3/c1-4-6-15(7-5-2)18(21)19-16-11-8-14(9-12-16)10-13-17(20)22-3/h8-9,11-12,15H,4-7,10,13H2,1-3H3,(H,19,21). The minimum atomic E-state index is -0.209. The van der Waals surface area contributed by atoms with E-state index in [1.54, 1.807) is 0 Å². The maximum absolute atomic E-state index is 12.3. The van der Waals surface area contributed by atoms with Crippen molar-refractivity contribution in [2.24, 2.45) is 5.92 Å². The highest BCUT2D eigenvalue weighted by atomic mass is 16.5. The molecule has 1 aromatic rings. The Morgan fingerprint density at radius 2 is 1.68 bits per heavy atom. The number of anilines is 1. The Bertz CT molecular complexity index is 462. The molecule has 22 heavy (non-hydrogen) atoms. The van der Waals surface area contributed by atoms with Crippen molar-refractivity contribution in [2.75, 3.05) is 12.4 Å². The molecule has 0 aliphatic rings. The molecule has 0 spiro atoms. The number of hydrogen-bond donors (Lipinski definition) is 1. The van der Waals surface area contributed by atoms with Crippen molar-refractivity contribution in [3.63, 3.8) is 0 Å². The first-order chi connectivity index (χ1) is 10.6. The summed E-state index contributed by atoms with van der Waals surface area (Å²) >= 11 is 0. The van der Waals surface area contributed by atoms with Crippen LogP contribution in [0, 0.1) is 5.92 Å². The van der Waals surface area contributed by atoms with Crippen molar-refractivity contribution < 1.29 is 14.3 Å². The van der Waals surface area contributed by atoms with Crippen molar-refractivity contribution >= 4 is 17.6 Å². The third-order valence-electron chi connectivity index (χ3n) is 3.71. The third-order valence-corrected chi connectivity index (χ3v) is 3.71. The highest BCUT2D eigenvalue weighted by Crippen LogP contribution is 2.17. The molecule has 0 heterocycles. The van der Waals surface area contributed by atoms with Crippen LogP contribution in [0.4, 0.5) is 5.69 Å². The Morgan fingerprint density at radius 1 is 1.09 bits per heavy atom. The number of rotatable bonds is 9. The molecule has 1 aromatic carbocycles. The lowest BCUT2D eigenvalue weighted by molar-refractivity contribution is -0.140. The summed E-state index contributed by atoms with van der Waals surface area (Å²) in [6.07, 6.45) is 4.91. The van der Waals surface area contributed by atoms with Gasteiger partial charge in [0.1, 0.15) is 0 Å². The Labute approximate surface area is 133 Å². The predicted molar refractivity (Wildman–Crippen MR) is 88.7 cm³/mol. The fourth-order valence-electron chi connectivity index (χ4n) is 2.45. The van der Waals surface area contributed by atoms with Gasteiger partial charge in [-0.3, -0.25) is 9.59 Å². The van der Waals surface area contributed by atoms with Crippen LogP contribution in [0.15, 0.2) is 24.3 Å². The highest BCUT2D eigenvalue weighted by molar-refractivity contribution is 5.92. The van der Waals surface area contributed by atoms with Crippen LogP contribution in [0.25, 0.3) is 0 Å². The predicted octanol–water partition coefficient (Wildman–Crippen LogP) is 3.95. The molecular formula is C18H27NO3. The minimum absolute atomic E-state index is 0.0917. The molecule has 0 saturated carbocycles. The number of carbonyl (C=O) groups is 2. The van der Waals surface area contributed by atoms with Gasteiger partial charge in [0.15, 0.2) is 0 Å². The van der Waals surface area contributed by atoms with Crippen molar-refractivity contribution in [2.45, 2.75) is 52.4 Å². The number of hydrogen-bond acceptors (Lipinski definition) is 3. The van der Waals surface area contributed by atoms with Crippen LogP contribution in [-0.2, 0) is 20.7 Å². The van der Waals surface area contributed by atoms with Gasteiger partial charge < -0.3 is 10.1 Å². The van der Waals surface area contributed by atoms with Crippen LogP contribution in [0.2, 0.25) is 0 Å². The van der Waals surface area contributed by atoms with Gasteiger partial charge in [0.25, 0.3) is 0 Å². The van der Waals surface area contributed by atoms with E-state index in [-0.39, 0.29) is 17.8 Å². The molecule has 4 nitrogen and oxygen atoms in total. The van der Waals surface area contributed by atoms with E-state index in [9.17, 15) is 9.59 Å². The normalized spacial score (nSPS) is 10.5. The molecule has 0 atom stereocenters. The maximum Gasteiger partial charge on any atom is 0.305 e. The van der Waals surface area contributed by atoms with E-state index < -0.39 is 0 Å². The summed E-state index contributed by atoms with van der Waals surface area (Å²) in [4.78, 5) is 23.4. The summed E-state index contributed by atoms with van der Waals surface area (Å²) in [5.74, 6) is -0.0145. The summed E-state index contributed by atoms with van der Waals surface area (Å²) in [6.45, 7) is 4.21. The Morgan fingerprint density at radius 3 is 2.18 bits per heavy atom. The van der Waals surface area contributed by atoms with Crippen LogP contribution < -0.4 is 5.32 Å². The zero-order valence-electron chi connectivity index (χ0n) is 13.9. The first-order valence-corrected chi connectivity index (χ1v) is 8.07. The summed E-state index contributed by atoms with van der Waals surface area (Å²) in [7, 11) is 1.39. The number of ether oxygens (including phenoxy) is 1. The van der Waals surface area contributed by atoms with Crippen LogP contribution in [0.5, 0.6) is 0 Å². The molecule has 1 N–H and O–H groups in total. The second-order valence-electron chi connectivity index (χ2n) is 5.54. The fourth-order valence-corrected chi connectivity index (χ4v) is 2.45. The number of methoxy groups -OCH3 is 1. The van der Waals surface area contributed by atoms with E-state index in [2.05, 4.69) is 23.9 Å². The van der Waals surface area contributed by atoms with Crippen LogP contribution in [-0.4, -0.2) is 19.0 Å². The lowest BCUT2D eigenvalue weighted by Crippen LogP contribution is -2.22. The van der Waals surface area contributed by atoms with Gasteiger partial charge in [-0.2, -0.15) is 0 Å². The molecule has 0 unspecified atom stereocenters. The fraction of sp³-hybridized carbons (Fsp3) is 0.556. The molecule has 0 aromatic heterocycles. The summed E-state index contributed by atoms with van der Waals surface area (Å²) in [5.41, 5.74) is 1.87. The second-order valence-corrected chi connectivity index (χ2v) is 5.54. The number of nitrogens with one attached hydrogen (secondary N) is 1. The molecule has 0 aliphatic carbocycles. The van der Waals surface area contributed by atoms with Gasteiger partial charge in [0.2, 0.25) is 5.91 Å². The molecule has 0 fully saturated rings. The summed E-state index contributed by atoms with van der Waals surface area (Å²) in [5, 5.41) is 2.98. The van der Waals surface area contributed by atoms with Crippen molar-refractivity contribution in [1.82, 2.24) is 0 Å². The van der Waals surface area contributed by atoms with Crippen LogP contribution in [0.1, 0.15) is 51.5 Å². The topological polar surface area (TPSA) is 55.4 Å². The average molecular weight is 305 g/mol. The maximum atomic E-state index is 12.3. The zero-order valence-corrected chi connectivity index (χ0v) is 13.9. The number of esters is 1. The number of benzene rings is 1. The van der Waals surface area contributed by atoms with Gasteiger partial charge in [0, 0.05) is 18.0 Å². The zero-order chi connectivity index (χ0) is 16.4. The van der Waals surface area contributed by atoms with Crippen molar-refractivity contribution in [1.29, 1.82) is 0 Å². The second kappa shape index (κ2) is 9.98. The Balaban J connectivity index is 2.55. The quantitative estimate of drug-likeness (QED) is 0.703. The SMILES string of the molecule is CCCC(CCC)C(=O)Nc1ccc(CCC(=O)OC)cc1. The van der Waals surface area contributed by atoms with Crippen LogP contribution >= 0.6 is 0 Å². The van der Waals surface area contributed by atoms with Gasteiger partial charge >= 0.3 is 5.97 Å². The number of aryl methyl sites for hydroxylation is 1.